The normalized spacial score (nSPS) is 25.9. The van der Waals surface area contributed by atoms with E-state index in [1.165, 1.54) is 6.42 Å². The summed E-state index contributed by atoms with van der Waals surface area (Å²) in [5.41, 5.74) is 0. The van der Waals surface area contributed by atoms with Crippen LogP contribution in [0.4, 0.5) is 0 Å². The van der Waals surface area contributed by atoms with Gasteiger partial charge in [0.1, 0.15) is 0 Å². The van der Waals surface area contributed by atoms with Crippen LogP contribution < -0.4 is 5.32 Å². The number of carbonyl (C=O) groups excluding carboxylic acids is 1. The third kappa shape index (κ3) is 4.25. The summed E-state index contributed by atoms with van der Waals surface area (Å²) in [5.74, 6) is 1.44. The van der Waals surface area contributed by atoms with Crippen LogP contribution in [0.3, 0.4) is 0 Å². The maximum atomic E-state index is 12.1. The summed E-state index contributed by atoms with van der Waals surface area (Å²) in [4.78, 5) is 14.1. The van der Waals surface area contributed by atoms with Crippen molar-refractivity contribution in [1.29, 1.82) is 0 Å². The zero-order valence-electron chi connectivity index (χ0n) is 11.5. The molecular formula is C14H26N2O2. The van der Waals surface area contributed by atoms with Crippen molar-refractivity contribution in [2.45, 2.75) is 32.1 Å². The predicted molar refractivity (Wildman–Crippen MR) is 71.4 cm³/mol. The molecule has 0 spiro atoms. The molecule has 18 heavy (non-hydrogen) atoms. The smallest absolute Gasteiger partial charge is 0.222 e. The molecule has 2 aliphatic heterocycles. The molecule has 0 aromatic heterocycles. The number of ether oxygens (including phenoxy) is 1. The van der Waals surface area contributed by atoms with E-state index >= 15 is 0 Å². The highest BCUT2D eigenvalue weighted by atomic mass is 16.5. The molecule has 1 unspecified atom stereocenters. The van der Waals surface area contributed by atoms with Gasteiger partial charge in [-0.05, 0) is 50.6 Å². The Bertz CT molecular complexity index is 259. The number of hydrogen-bond donors (Lipinski definition) is 1. The Morgan fingerprint density at radius 3 is 2.72 bits per heavy atom. The molecule has 2 fully saturated rings. The molecule has 0 bridgehead atoms. The third-order valence-electron chi connectivity index (χ3n) is 4.13. The first-order valence-corrected chi connectivity index (χ1v) is 7.28. The van der Waals surface area contributed by atoms with Crippen LogP contribution in [0, 0.1) is 11.8 Å². The van der Waals surface area contributed by atoms with Crippen LogP contribution in [-0.4, -0.2) is 50.7 Å². The lowest BCUT2D eigenvalue weighted by Gasteiger charge is -2.29. The number of piperidine rings is 1. The van der Waals surface area contributed by atoms with Crippen molar-refractivity contribution in [3.8, 4) is 0 Å². The Kier molecular flexibility index (Phi) is 5.45. The first-order valence-electron chi connectivity index (χ1n) is 7.28. The number of carbonyl (C=O) groups is 1. The molecule has 1 atom stereocenters. The number of amides is 1. The van der Waals surface area contributed by atoms with E-state index in [0.29, 0.717) is 17.7 Å². The molecule has 0 aromatic rings. The fraction of sp³-hybridized carbons (Fsp3) is 0.929. The molecule has 4 heteroatoms. The van der Waals surface area contributed by atoms with Crippen LogP contribution in [0.2, 0.25) is 0 Å². The SMILES string of the molecule is CN(CC1CCCOC1)C(=O)CC1CCNCC1. The van der Waals surface area contributed by atoms with Crippen molar-refractivity contribution in [2.75, 3.05) is 39.9 Å². The standard InChI is InChI=1S/C14H26N2O2/c1-16(10-13-3-2-8-18-11-13)14(17)9-12-4-6-15-7-5-12/h12-13,15H,2-11H2,1H3. The molecule has 4 nitrogen and oxygen atoms in total. The summed E-state index contributed by atoms with van der Waals surface area (Å²) in [5, 5.41) is 3.34. The molecule has 0 aliphatic carbocycles. The minimum atomic E-state index is 0.312. The zero-order valence-corrected chi connectivity index (χ0v) is 11.5. The van der Waals surface area contributed by atoms with Gasteiger partial charge in [-0.3, -0.25) is 4.79 Å². The van der Waals surface area contributed by atoms with Crippen molar-refractivity contribution < 1.29 is 9.53 Å². The Hall–Kier alpha value is -0.610. The summed E-state index contributed by atoms with van der Waals surface area (Å²) in [6.45, 7) is 4.72. The van der Waals surface area contributed by atoms with Gasteiger partial charge in [0.05, 0.1) is 6.61 Å². The van der Waals surface area contributed by atoms with E-state index in [4.69, 9.17) is 4.74 Å². The first kappa shape index (κ1) is 13.8. The van der Waals surface area contributed by atoms with Crippen molar-refractivity contribution in [1.82, 2.24) is 10.2 Å². The Morgan fingerprint density at radius 1 is 1.28 bits per heavy atom. The van der Waals surface area contributed by atoms with E-state index in [1.807, 2.05) is 11.9 Å². The van der Waals surface area contributed by atoms with Gasteiger partial charge in [0.15, 0.2) is 0 Å². The summed E-state index contributed by atoms with van der Waals surface area (Å²) in [6.07, 6.45) is 5.36. The fourth-order valence-electron chi connectivity index (χ4n) is 2.93. The Balaban J connectivity index is 1.69. The van der Waals surface area contributed by atoms with Crippen molar-refractivity contribution in [3.63, 3.8) is 0 Å². The monoisotopic (exact) mass is 254 g/mol. The summed E-state index contributed by atoms with van der Waals surface area (Å²) >= 11 is 0. The molecule has 1 N–H and O–H groups in total. The van der Waals surface area contributed by atoms with Crippen LogP contribution in [0.1, 0.15) is 32.1 Å². The van der Waals surface area contributed by atoms with Gasteiger partial charge in [-0.25, -0.2) is 0 Å². The van der Waals surface area contributed by atoms with Gasteiger partial charge in [-0.1, -0.05) is 0 Å². The highest BCUT2D eigenvalue weighted by Crippen LogP contribution is 2.19. The second-order valence-electron chi connectivity index (χ2n) is 5.75. The van der Waals surface area contributed by atoms with Gasteiger partial charge in [-0.2, -0.15) is 0 Å². The summed E-state index contributed by atoms with van der Waals surface area (Å²) in [6, 6.07) is 0. The second kappa shape index (κ2) is 7.10. The van der Waals surface area contributed by atoms with Crippen molar-refractivity contribution in [3.05, 3.63) is 0 Å². The summed E-state index contributed by atoms with van der Waals surface area (Å²) < 4.78 is 5.47. The Labute approximate surface area is 110 Å². The van der Waals surface area contributed by atoms with Gasteiger partial charge in [-0.15, -0.1) is 0 Å². The molecule has 2 heterocycles. The average Bonchev–Trinajstić information content (AvgIpc) is 2.41. The molecule has 2 aliphatic rings. The predicted octanol–water partition coefficient (Wildman–Crippen LogP) is 1.26. The first-order chi connectivity index (χ1) is 8.75. The molecule has 2 saturated heterocycles. The lowest BCUT2D eigenvalue weighted by atomic mass is 9.94. The zero-order chi connectivity index (χ0) is 12.8. The fourth-order valence-corrected chi connectivity index (χ4v) is 2.93. The lowest BCUT2D eigenvalue weighted by Crippen LogP contribution is -2.37. The second-order valence-corrected chi connectivity index (χ2v) is 5.75. The van der Waals surface area contributed by atoms with Gasteiger partial charge in [0.25, 0.3) is 0 Å². The highest BCUT2D eigenvalue weighted by molar-refractivity contribution is 5.76. The molecule has 0 saturated carbocycles. The van der Waals surface area contributed by atoms with Crippen LogP contribution in [0.25, 0.3) is 0 Å². The van der Waals surface area contributed by atoms with E-state index in [9.17, 15) is 4.79 Å². The number of nitrogens with zero attached hydrogens (tertiary/aromatic N) is 1. The molecule has 2 rings (SSSR count). The van der Waals surface area contributed by atoms with E-state index in [2.05, 4.69) is 5.32 Å². The van der Waals surface area contributed by atoms with Gasteiger partial charge >= 0.3 is 0 Å². The number of hydrogen-bond acceptors (Lipinski definition) is 3. The van der Waals surface area contributed by atoms with E-state index in [1.54, 1.807) is 0 Å². The third-order valence-corrected chi connectivity index (χ3v) is 4.13. The van der Waals surface area contributed by atoms with E-state index < -0.39 is 0 Å². The quantitative estimate of drug-likeness (QED) is 0.821. The van der Waals surface area contributed by atoms with Crippen LogP contribution in [0.5, 0.6) is 0 Å². The van der Waals surface area contributed by atoms with E-state index in [-0.39, 0.29) is 0 Å². The van der Waals surface area contributed by atoms with Crippen molar-refractivity contribution >= 4 is 5.91 Å². The topological polar surface area (TPSA) is 41.6 Å². The van der Waals surface area contributed by atoms with Crippen LogP contribution in [0.15, 0.2) is 0 Å². The maximum absolute atomic E-state index is 12.1. The summed E-state index contributed by atoms with van der Waals surface area (Å²) in [7, 11) is 1.94. The minimum Gasteiger partial charge on any atom is -0.381 e. The van der Waals surface area contributed by atoms with Crippen molar-refractivity contribution in [2.24, 2.45) is 11.8 Å². The number of rotatable bonds is 4. The molecule has 104 valence electrons. The van der Waals surface area contributed by atoms with Gasteiger partial charge in [0.2, 0.25) is 5.91 Å². The molecule has 0 radical (unpaired) electrons. The average molecular weight is 254 g/mol. The van der Waals surface area contributed by atoms with Crippen LogP contribution >= 0.6 is 0 Å². The molecule has 1 amide bonds. The minimum absolute atomic E-state index is 0.312. The van der Waals surface area contributed by atoms with E-state index in [0.717, 1.165) is 58.5 Å². The van der Waals surface area contributed by atoms with Crippen LogP contribution in [-0.2, 0) is 9.53 Å². The van der Waals surface area contributed by atoms with Gasteiger partial charge in [0, 0.05) is 26.6 Å². The molecular weight excluding hydrogens is 228 g/mol. The number of nitrogens with one attached hydrogen (secondary N) is 1. The molecule has 0 aromatic carbocycles. The van der Waals surface area contributed by atoms with Gasteiger partial charge < -0.3 is 15.0 Å². The highest BCUT2D eigenvalue weighted by Gasteiger charge is 2.22. The lowest BCUT2D eigenvalue weighted by molar-refractivity contribution is -0.132. The largest absolute Gasteiger partial charge is 0.381 e. The maximum Gasteiger partial charge on any atom is 0.222 e. The Morgan fingerprint density at radius 2 is 2.06 bits per heavy atom.